The van der Waals surface area contributed by atoms with Gasteiger partial charge in [0.1, 0.15) is 5.75 Å². The van der Waals surface area contributed by atoms with Crippen molar-refractivity contribution in [3.05, 3.63) is 41.5 Å². The molecule has 5 nitrogen and oxygen atoms in total. The van der Waals surface area contributed by atoms with E-state index in [1.165, 1.54) is 5.56 Å². The van der Waals surface area contributed by atoms with Crippen LogP contribution in [-0.2, 0) is 19.6 Å². The van der Waals surface area contributed by atoms with Gasteiger partial charge in [-0.05, 0) is 30.2 Å². The molecule has 0 atom stereocenters. The van der Waals surface area contributed by atoms with Gasteiger partial charge in [-0.25, -0.2) is 0 Å². The zero-order valence-corrected chi connectivity index (χ0v) is 12.9. The Morgan fingerprint density at radius 3 is 2.90 bits per heavy atom. The second-order valence-electron chi connectivity index (χ2n) is 5.42. The first-order valence-corrected chi connectivity index (χ1v) is 7.41. The Morgan fingerprint density at radius 2 is 2.19 bits per heavy atom. The van der Waals surface area contributed by atoms with Gasteiger partial charge in [0, 0.05) is 13.0 Å². The lowest BCUT2D eigenvalue weighted by molar-refractivity contribution is 0.242. The number of hydrogen-bond donors (Lipinski definition) is 1. The van der Waals surface area contributed by atoms with E-state index in [-0.39, 0.29) is 0 Å². The summed E-state index contributed by atoms with van der Waals surface area (Å²) < 4.78 is 10.8. The molecule has 1 aromatic heterocycles. The minimum Gasteiger partial charge on any atom is -0.484 e. The second-order valence-corrected chi connectivity index (χ2v) is 5.42. The average molecular weight is 289 g/mol. The zero-order valence-electron chi connectivity index (χ0n) is 12.9. The third kappa shape index (κ3) is 5.19. The number of aryl methyl sites for hydroxylation is 1. The average Bonchev–Trinajstić information content (AvgIpc) is 2.93. The molecule has 0 radical (unpaired) electrons. The summed E-state index contributed by atoms with van der Waals surface area (Å²) in [6.45, 7) is 8.53. The third-order valence-corrected chi connectivity index (χ3v) is 2.97. The minimum absolute atomic E-state index is 0.301. The van der Waals surface area contributed by atoms with Crippen LogP contribution in [0.1, 0.15) is 38.0 Å². The van der Waals surface area contributed by atoms with E-state index in [1.807, 2.05) is 25.1 Å². The minimum atomic E-state index is 0.301. The van der Waals surface area contributed by atoms with Crippen LogP contribution in [0.2, 0.25) is 0 Å². The van der Waals surface area contributed by atoms with Crippen LogP contribution in [-0.4, -0.2) is 16.7 Å². The van der Waals surface area contributed by atoms with Gasteiger partial charge >= 0.3 is 0 Å². The highest BCUT2D eigenvalue weighted by molar-refractivity contribution is 5.28. The Morgan fingerprint density at radius 1 is 1.33 bits per heavy atom. The second kappa shape index (κ2) is 7.78. The molecule has 0 aliphatic heterocycles. The molecule has 0 amide bonds. The van der Waals surface area contributed by atoms with E-state index in [2.05, 4.69) is 35.4 Å². The van der Waals surface area contributed by atoms with Crippen LogP contribution < -0.4 is 10.1 Å². The summed E-state index contributed by atoms with van der Waals surface area (Å²) in [4.78, 5) is 4.22. The molecule has 1 N–H and O–H groups in total. The van der Waals surface area contributed by atoms with Gasteiger partial charge < -0.3 is 14.6 Å². The molecule has 0 saturated carbocycles. The number of nitrogens with zero attached hydrogens (tertiary/aromatic N) is 2. The van der Waals surface area contributed by atoms with Crippen molar-refractivity contribution in [2.45, 2.75) is 40.3 Å². The first kappa shape index (κ1) is 15.5. The fraction of sp³-hybridized carbons (Fsp3) is 0.500. The van der Waals surface area contributed by atoms with E-state index in [1.54, 1.807) is 0 Å². The van der Waals surface area contributed by atoms with Crippen LogP contribution in [0.15, 0.2) is 28.8 Å². The van der Waals surface area contributed by atoms with Crippen molar-refractivity contribution in [3.63, 3.8) is 0 Å². The predicted molar refractivity (Wildman–Crippen MR) is 81.0 cm³/mol. The van der Waals surface area contributed by atoms with E-state index in [4.69, 9.17) is 9.26 Å². The van der Waals surface area contributed by atoms with Crippen molar-refractivity contribution in [2.75, 3.05) is 6.54 Å². The maximum absolute atomic E-state index is 5.69. The van der Waals surface area contributed by atoms with Crippen LogP contribution >= 0.6 is 0 Å². The highest BCUT2D eigenvalue weighted by Crippen LogP contribution is 2.15. The van der Waals surface area contributed by atoms with Gasteiger partial charge in [0.15, 0.2) is 12.4 Å². The molecule has 0 spiro atoms. The highest BCUT2D eigenvalue weighted by atomic mass is 16.5. The molecule has 114 valence electrons. The SMILES string of the molecule is CCc1noc(COc2cccc(CNCC(C)C)c2)n1. The molecule has 0 saturated heterocycles. The van der Waals surface area contributed by atoms with Crippen molar-refractivity contribution in [2.24, 2.45) is 5.92 Å². The zero-order chi connectivity index (χ0) is 15.1. The topological polar surface area (TPSA) is 60.2 Å². The Labute approximate surface area is 125 Å². The van der Waals surface area contributed by atoms with Gasteiger partial charge in [0.05, 0.1) is 0 Å². The van der Waals surface area contributed by atoms with Crippen LogP contribution in [0.3, 0.4) is 0 Å². The first-order chi connectivity index (χ1) is 10.2. The number of rotatable bonds is 8. The normalized spacial score (nSPS) is 11.0. The van der Waals surface area contributed by atoms with Crippen molar-refractivity contribution in [1.82, 2.24) is 15.5 Å². The molecule has 5 heteroatoms. The molecule has 0 aliphatic carbocycles. The predicted octanol–water partition coefficient (Wildman–Crippen LogP) is 2.96. The third-order valence-electron chi connectivity index (χ3n) is 2.97. The summed E-state index contributed by atoms with van der Waals surface area (Å²) in [6, 6.07) is 8.04. The van der Waals surface area contributed by atoms with Gasteiger partial charge in [0.25, 0.3) is 5.89 Å². The van der Waals surface area contributed by atoms with Crippen molar-refractivity contribution >= 4 is 0 Å². The Balaban J connectivity index is 1.85. The molecular weight excluding hydrogens is 266 g/mol. The Bertz CT molecular complexity index is 552. The van der Waals surface area contributed by atoms with E-state index < -0.39 is 0 Å². The highest BCUT2D eigenvalue weighted by Gasteiger charge is 2.05. The standard InChI is InChI=1S/C16H23N3O2/c1-4-15-18-16(21-19-15)11-20-14-7-5-6-13(8-14)10-17-9-12(2)3/h5-8,12,17H,4,9-11H2,1-3H3. The summed E-state index contributed by atoms with van der Waals surface area (Å²) in [5.41, 5.74) is 1.20. The molecule has 0 unspecified atom stereocenters. The summed E-state index contributed by atoms with van der Waals surface area (Å²) in [5.74, 6) is 2.68. The van der Waals surface area contributed by atoms with Crippen LogP contribution in [0.5, 0.6) is 5.75 Å². The number of benzene rings is 1. The van der Waals surface area contributed by atoms with E-state index in [0.717, 1.165) is 25.3 Å². The molecule has 21 heavy (non-hydrogen) atoms. The van der Waals surface area contributed by atoms with Crippen molar-refractivity contribution < 1.29 is 9.26 Å². The quantitative estimate of drug-likeness (QED) is 0.809. The monoisotopic (exact) mass is 289 g/mol. The smallest absolute Gasteiger partial charge is 0.264 e. The molecular formula is C16H23N3O2. The summed E-state index contributed by atoms with van der Waals surface area (Å²) >= 11 is 0. The fourth-order valence-corrected chi connectivity index (χ4v) is 1.89. The fourth-order valence-electron chi connectivity index (χ4n) is 1.89. The Hall–Kier alpha value is -1.88. The van der Waals surface area contributed by atoms with Gasteiger partial charge in [-0.2, -0.15) is 4.98 Å². The van der Waals surface area contributed by atoms with Crippen LogP contribution in [0.25, 0.3) is 0 Å². The van der Waals surface area contributed by atoms with Crippen molar-refractivity contribution in [3.8, 4) is 5.75 Å². The van der Waals surface area contributed by atoms with Crippen LogP contribution in [0, 0.1) is 5.92 Å². The first-order valence-electron chi connectivity index (χ1n) is 7.41. The lowest BCUT2D eigenvalue weighted by atomic mass is 10.2. The van der Waals surface area contributed by atoms with Crippen LogP contribution in [0.4, 0.5) is 0 Å². The summed E-state index contributed by atoms with van der Waals surface area (Å²) in [7, 11) is 0. The van der Waals surface area contributed by atoms with E-state index in [9.17, 15) is 0 Å². The molecule has 1 heterocycles. The summed E-state index contributed by atoms with van der Waals surface area (Å²) in [6.07, 6.45) is 0.764. The molecule has 0 fully saturated rings. The van der Waals surface area contributed by atoms with Crippen molar-refractivity contribution in [1.29, 1.82) is 0 Å². The number of aromatic nitrogens is 2. The number of hydrogen-bond acceptors (Lipinski definition) is 5. The number of ether oxygens (including phenoxy) is 1. The molecule has 0 aliphatic rings. The maximum atomic E-state index is 5.69. The summed E-state index contributed by atoms with van der Waals surface area (Å²) in [5, 5.41) is 7.26. The van der Waals surface area contributed by atoms with E-state index in [0.29, 0.717) is 24.2 Å². The number of nitrogens with one attached hydrogen (secondary N) is 1. The molecule has 2 aromatic rings. The molecule has 2 rings (SSSR count). The van der Waals surface area contributed by atoms with Gasteiger partial charge in [-0.3, -0.25) is 0 Å². The van der Waals surface area contributed by atoms with E-state index >= 15 is 0 Å². The van der Waals surface area contributed by atoms with Gasteiger partial charge in [-0.1, -0.05) is 38.1 Å². The van der Waals surface area contributed by atoms with Gasteiger partial charge in [0.2, 0.25) is 0 Å². The Kier molecular flexibility index (Phi) is 5.75. The lowest BCUT2D eigenvalue weighted by Crippen LogP contribution is -2.18. The molecule has 0 bridgehead atoms. The lowest BCUT2D eigenvalue weighted by Gasteiger charge is -2.09. The van der Waals surface area contributed by atoms with Gasteiger partial charge in [-0.15, -0.1) is 0 Å². The largest absolute Gasteiger partial charge is 0.484 e. The maximum Gasteiger partial charge on any atom is 0.264 e. The molecule has 1 aromatic carbocycles.